The monoisotopic (exact) mass is 184 g/mol. The van der Waals surface area contributed by atoms with Crippen molar-refractivity contribution in [3.63, 3.8) is 0 Å². The van der Waals surface area contributed by atoms with Gasteiger partial charge in [0.25, 0.3) is 0 Å². The van der Waals surface area contributed by atoms with E-state index in [1.165, 1.54) is 0 Å². The molecule has 1 aliphatic heterocycles. The molecule has 0 radical (unpaired) electrons. The van der Waals surface area contributed by atoms with E-state index in [1.54, 1.807) is 0 Å². The lowest BCUT2D eigenvalue weighted by Gasteiger charge is -2.09. The number of rotatable bonds is 4. The van der Waals surface area contributed by atoms with Gasteiger partial charge in [-0.05, 0) is 25.8 Å². The summed E-state index contributed by atoms with van der Waals surface area (Å²) < 4.78 is 5.42. The molecule has 2 fully saturated rings. The summed E-state index contributed by atoms with van der Waals surface area (Å²) in [6.45, 7) is 2.12. The van der Waals surface area contributed by atoms with Crippen molar-refractivity contribution in [1.29, 1.82) is 0 Å². The highest BCUT2D eigenvalue weighted by Gasteiger charge is 2.24. The average Bonchev–Trinajstić information content (AvgIpc) is 2.78. The lowest BCUT2D eigenvalue weighted by atomic mass is 10.3. The van der Waals surface area contributed by atoms with Gasteiger partial charge in [-0.25, -0.2) is 0 Å². The molecule has 0 bridgehead atoms. The maximum atomic E-state index is 11.2. The number of nitrogens with one attached hydrogen (secondary N) is 2. The Hall–Kier alpha value is -0.610. The van der Waals surface area contributed by atoms with E-state index in [1.807, 2.05) is 0 Å². The normalized spacial score (nSPS) is 27.5. The molecule has 1 saturated carbocycles. The zero-order chi connectivity index (χ0) is 9.10. The molecule has 1 saturated heterocycles. The highest BCUT2D eigenvalue weighted by Crippen LogP contribution is 2.18. The molecule has 74 valence electrons. The van der Waals surface area contributed by atoms with E-state index < -0.39 is 0 Å². The second-order valence-corrected chi connectivity index (χ2v) is 3.77. The third-order valence-corrected chi connectivity index (χ3v) is 2.41. The number of ether oxygens (including phenoxy) is 1. The highest BCUT2D eigenvalue weighted by atomic mass is 16.5. The number of hydrogen-bond donors (Lipinski definition) is 2. The first kappa shape index (κ1) is 8.97. The third kappa shape index (κ3) is 2.97. The van der Waals surface area contributed by atoms with Gasteiger partial charge in [-0.1, -0.05) is 0 Å². The number of amides is 1. The molecule has 2 N–H and O–H groups in total. The number of hydrogen-bond acceptors (Lipinski definition) is 3. The SMILES string of the molecule is O=C(COC1CCNC1)NC1CC1. The molecule has 1 unspecified atom stereocenters. The summed E-state index contributed by atoms with van der Waals surface area (Å²) in [5.41, 5.74) is 0. The van der Waals surface area contributed by atoms with Crippen LogP contribution < -0.4 is 10.6 Å². The maximum Gasteiger partial charge on any atom is 0.246 e. The van der Waals surface area contributed by atoms with Crippen LogP contribution in [0.5, 0.6) is 0 Å². The molecule has 4 heteroatoms. The van der Waals surface area contributed by atoms with Crippen molar-refractivity contribution < 1.29 is 9.53 Å². The summed E-state index contributed by atoms with van der Waals surface area (Å²) >= 11 is 0. The van der Waals surface area contributed by atoms with Crippen molar-refractivity contribution in [2.24, 2.45) is 0 Å². The molecule has 0 aromatic rings. The molecule has 2 aliphatic rings. The van der Waals surface area contributed by atoms with E-state index in [-0.39, 0.29) is 18.6 Å². The Bertz CT molecular complexity index is 186. The minimum atomic E-state index is 0.0365. The van der Waals surface area contributed by atoms with Crippen LogP contribution in [0.15, 0.2) is 0 Å². The van der Waals surface area contributed by atoms with Crippen LogP contribution in [-0.4, -0.2) is 37.7 Å². The minimum absolute atomic E-state index is 0.0365. The fraction of sp³-hybridized carbons (Fsp3) is 0.889. The number of carbonyl (C=O) groups excluding carboxylic acids is 1. The van der Waals surface area contributed by atoms with Crippen LogP contribution >= 0.6 is 0 Å². The molecule has 1 heterocycles. The summed E-state index contributed by atoms with van der Waals surface area (Å²) in [5, 5.41) is 6.09. The van der Waals surface area contributed by atoms with Crippen molar-refractivity contribution in [3.05, 3.63) is 0 Å². The van der Waals surface area contributed by atoms with Crippen molar-refractivity contribution in [2.45, 2.75) is 31.4 Å². The van der Waals surface area contributed by atoms with Gasteiger partial charge < -0.3 is 15.4 Å². The van der Waals surface area contributed by atoms with Crippen molar-refractivity contribution >= 4 is 5.91 Å². The van der Waals surface area contributed by atoms with Gasteiger partial charge in [0.1, 0.15) is 6.61 Å². The topological polar surface area (TPSA) is 50.4 Å². The largest absolute Gasteiger partial charge is 0.367 e. The maximum absolute atomic E-state index is 11.2. The van der Waals surface area contributed by atoms with Gasteiger partial charge in [-0.2, -0.15) is 0 Å². The van der Waals surface area contributed by atoms with E-state index in [2.05, 4.69) is 10.6 Å². The molecule has 1 aliphatic carbocycles. The Morgan fingerprint density at radius 2 is 2.31 bits per heavy atom. The third-order valence-electron chi connectivity index (χ3n) is 2.41. The molecule has 1 amide bonds. The van der Waals surface area contributed by atoms with E-state index in [9.17, 15) is 4.79 Å². The molecule has 0 aromatic heterocycles. The van der Waals surface area contributed by atoms with Crippen molar-refractivity contribution in [2.75, 3.05) is 19.7 Å². The van der Waals surface area contributed by atoms with Crippen LogP contribution in [0, 0.1) is 0 Å². The van der Waals surface area contributed by atoms with Crippen LogP contribution in [-0.2, 0) is 9.53 Å². The van der Waals surface area contributed by atoms with Crippen LogP contribution in [0.1, 0.15) is 19.3 Å². The highest BCUT2D eigenvalue weighted by molar-refractivity contribution is 5.77. The van der Waals surface area contributed by atoms with Crippen LogP contribution in [0.25, 0.3) is 0 Å². The predicted molar refractivity (Wildman–Crippen MR) is 48.4 cm³/mol. The van der Waals surface area contributed by atoms with Gasteiger partial charge in [0.05, 0.1) is 6.10 Å². The molecular formula is C9H16N2O2. The standard InChI is InChI=1S/C9H16N2O2/c12-9(11-7-1-2-7)6-13-8-3-4-10-5-8/h7-8,10H,1-6H2,(H,11,12). The van der Waals surface area contributed by atoms with E-state index >= 15 is 0 Å². The Morgan fingerprint density at radius 1 is 1.46 bits per heavy atom. The van der Waals surface area contributed by atoms with Crippen LogP contribution in [0.2, 0.25) is 0 Å². The molecule has 0 spiro atoms. The van der Waals surface area contributed by atoms with Gasteiger partial charge in [0.15, 0.2) is 0 Å². The molecule has 0 aromatic carbocycles. The van der Waals surface area contributed by atoms with Gasteiger partial charge >= 0.3 is 0 Å². The van der Waals surface area contributed by atoms with E-state index in [4.69, 9.17) is 4.74 Å². The molecule has 1 atom stereocenters. The molecule has 2 rings (SSSR count). The Labute approximate surface area is 78.0 Å². The first-order valence-corrected chi connectivity index (χ1v) is 4.96. The fourth-order valence-electron chi connectivity index (χ4n) is 1.46. The zero-order valence-electron chi connectivity index (χ0n) is 7.71. The van der Waals surface area contributed by atoms with Crippen molar-refractivity contribution in [3.8, 4) is 0 Å². The quantitative estimate of drug-likeness (QED) is 0.627. The fourth-order valence-corrected chi connectivity index (χ4v) is 1.46. The summed E-state index contributed by atoms with van der Waals surface area (Å²) in [6.07, 6.45) is 3.54. The Morgan fingerprint density at radius 3 is 2.92 bits per heavy atom. The summed E-state index contributed by atoms with van der Waals surface area (Å²) in [7, 11) is 0. The van der Waals surface area contributed by atoms with E-state index in [0.29, 0.717) is 6.04 Å². The summed E-state index contributed by atoms with van der Waals surface area (Å²) in [6, 6.07) is 0.442. The van der Waals surface area contributed by atoms with E-state index in [0.717, 1.165) is 32.4 Å². The van der Waals surface area contributed by atoms with Gasteiger partial charge in [0, 0.05) is 12.6 Å². The minimum Gasteiger partial charge on any atom is -0.367 e. The average molecular weight is 184 g/mol. The van der Waals surface area contributed by atoms with Crippen molar-refractivity contribution in [1.82, 2.24) is 10.6 Å². The Balaban J connectivity index is 1.57. The predicted octanol–water partition coefficient (Wildman–Crippen LogP) is -0.356. The second kappa shape index (κ2) is 4.07. The van der Waals surface area contributed by atoms with Crippen LogP contribution in [0.3, 0.4) is 0 Å². The van der Waals surface area contributed by atoms with Crippen LogP contribution in [0.4, 0.5) is 0 Å². The second-order valence-electron chi connectivity index (χ2n) is 3.77. The Kier molecular flexibility index (Phi) is 2.80. The summed E-state index contributed by atoms with van der Waals surface area (Å²) in [5.74, 6) is 0.0365. The van der Waals surface area contributed by atoms with Gasteiger partial charge in [-0.15, -0.1) is 0 Å². The molecule has 13 heavy (non-hydrogen) atoms. The van der Waals surface area contributed by atoms with Gasteiger partial charge in [-0.3, -0.25) is 4.79 Å². The lowest BCUT2D eigenvalue weighted by Crippen LogP contribution is -2.31. The van der Waals surface area contributed by atoms with Gasteiger partial charge in [0.2, 0.25) is 5.91 Å². The molecule has 4 nitrogen and oxygen atoms in total. The lowest BCUT2D eigenvalue weighted by molar-refractivity contribution is -0.127. The first-order valence-electron chi connectivity index (χ1n) is 4.96. The smallest absolute Gasteiger partial charge is 0.246 e. The zero-order valence-corrected chi connectivity index (χ0v) is 7.71. The number of carbonyl (C=O) groups is 1. The first-order chi connectivity index (χ1) is 6.34. The summed E-state index contributed by atoms with van der Waals surface area (Å²) in [4.78, 5) is 11.2. The molecular weight excluding hydrogens is 168 g/mol.